The Hall–Kier alpha value is -1.10. The van der Waals surface area contributed by atoms with Crippen LogP contribution in [0.15, 0.2) is 4.34 Å². The summed E-state index contributed by atoms with van der Waals surface area (Å²) in [5.74, 6) is -0.313. The van der Waals surface area contributed by atoms with Crippen LogP contribution in [-0.4, -0.2) is 54.1 Å². The van der Waals surface area contributed by atoms with Crippen LogP contribution in [0.5, 0.6) is 0 Å². The van der Waals surface area contributed by atoms with Crippen LogP contribution in [0.1, 0.15) is 33.6 Å². The maximum Gasteiger partial charge on any atom is 0.272 e. The summed E-state index contributed by atoms with van der Waals surface area (Å²) >= 11 is 0.858. The highest BCUT2D eigenvalue weighted by Crippen LogP contribution is 2.26. The molecule has 1 fully saturated rings. The maximum atomic E-state index is 12.5. The van der Waals surface area contributed by atoms with E-state index in [0.717, 1.165) is 11.3 Å². The molecule has 1 aromatic rings. The average molecular weight is 348 g/mol. The first-order valence-electron chi connectivity index (χ1n) is 7.05. The Morgan fingerprint density at radius 1 is 1.36 bits per heavy atom. The predicted molar refractivity (Wildman–Crippen MR) is 82.2 cm³/mol. The van der Waals surface area contributed by atoms with E-state index in [1.807, 2.05) is 13.8 Å². The molecule has 1 aliphatic heterocycles. The number of amides is 1. The zero-order chi connectivity index (χ0) is 16.3. The molecule has 0 spiro atoms. The molecule has 2 heterocycles. The second-order valence-electron chi connectivity index (χ2n) is 5.34. The third-order valence-electron chi connectivity index (χ3n) is 3.12. The summed E-state index contributed by atoms with van der Waals surface area (Å²) < 4.78 is 32.0. The van der Waals surface area contributed by atoms with Crippen molar-refractivity contribution < 1.29 is 17.9 Å². The number of carbonyl (C=O) groups excluding carboxylic acids is 1. The number of aromatic nitrogens is 2. The minimum atomic E-state index is -3.66. The van der Waals surface area contributed by atoms with E-state index < -0.39 is 10.0 Å². The molecule has 22 heavy (non-hydrogen) atoms. The molecule has 8 nitrogen and oxygen atoms in total. The molecule has 0 atom stereocenters. The van der Waals surface area contributed by atoms with Crippen molar-refractivity contribution >= 4 is 32.4 Å². The van der Waals surface area contributed by atoms with Gasteiger partial charge in [-0.15, -0.1) is 10.2 Å². The second-order valence-corrected chi connectivity index (χ2v) is 8.43. The summed E-state index contributed by atoms with van der Waals surface area (Å²) in [6.07, 6.45) is 1.55. The fourth-order valence-corrected chi connectivity index (χ4v) is 4.77. The van der Waals surface area contributed by atoms with Crippen molar-refractivity contribution in [2.75, 3.05) is 18.4 Å². The van der Waals surface area contributed by atoms with E-state index in [4.69, 9.17) is 4.74 Å². The van der Waals surface area contributed by atoms with Crippen LogP contribution in [0.3, 0.4) is 0 Å². The van der Waals surface area contributed by atoms with Crippen molar-refractivity contribution in [2.24, 2.45) is 0 Å². The highest BCUT2D eigenvalue weighted by atomic mass is 32.2. The number of piperidine rings is 1. The highest BCUT2D eigenvalue weighted by Gasteiger charge is 2.32. The van der Waals surface area contributed by atoms with Crippen molar-refractivity contribution in [1.82, 2.24) is 14.5 Å². The van der Waals surface area contributed by atoms with Gasteiger partial charge in [0, 0.05) is 20.0 Å². The Labute approximate surface area is 133 Å². The van der Waals surface area contributed by atoms with Crippen LogP contribution in [0.25, 0.3) is 0 Å². The van der Waals surface area contributed by atoms with Gasteiger partial charge in [-0.2, -0.15) is 4.31 Å². The molecule has 0 bridgehead atoms. The minimum Gasteiger partial charge on any atom is -0.375 e. The molecular weight excluding hydrogens is 328 g/mol. The fourth-order valence-electron chi connectivity index (χ4n) is 2.22. The van der Waals surface area contributed by atoms with Gasteiger partial charge in [-0.1, -0.05) is 11.3 Å². The standard InChI is InChI=1S/C12H20N4O4S2/c1-8(2)20-10-4-6-16(7-5-10)22(18,19)12-15-14-11(21-12)13-9(3)17/h8,10H,4-7H2,1-3H3,(H,13,14,17). The molecule has 10 heteroatoms. The Kier molecular flexibility index (Phi) is 5.48. The first-order chi connectivity index (χ1) is 10.3. The lowest BCUT2D eigenvalue weighted by Gasteiger charge is -2.31. The van der Waals surface area contributed by atoms with Crippen molar-refractivity contribution in [3.05, 3.63) is 0 Å². The molecule has 0 radical (unpaired) electrons. The van der Waals surface area contributed by atoms with Crippen LogP contribution >= 0.6 is 11.3 Å². The third kappa shape index (κ3) is 4.22. The van der Waals surface area contributed by atoms with E-state index in [0.29, 0.717) is 25.9 Å². The SMILES string of the molecule is CC(=O)Nc1nnc(S(=O)(=O)N2CCC(OC(C)C)CC2)s1. The largest absolute Gasteiger partial charge is 0.375 e. The molecule has 1 amide bonds. The molecule has 2 rings (SSSR count). The fraction of sp³-hybridized carbons (Fsp3) is 0.750. The second kappa shape index (κ2) is 6.99. The number of hydrogen-bond acceptors (Lipinski definition) is 7. The molecule has 0 saturated carbocycles. The number of rotatable bonds is 5. The summed E-state index contributed by atoms with van der Waals surface area (Å²) in [6.45, 7) is 6.06. The van der Waals surface area contributed by atoms with Crippen LogP contribution in [0, 0.1) is 0 Å². The van der Waals surface area contributed by atoms with Crippen molar-refractivity contribution in [2.45, 2.75) is 50.2 Å². The van der Waals surface area contributed by atoms with Gasteiger partial charge in [0.25, 0.3) is 10.0 Å². The van der Waals surface area contributed by atoms with Crippen LogP contribution in [-0.2, 0) is 19.6 Å². The van der Waals surface area contributed by atoms with Gasteiger partial charge in [0.15, 0.2) is 0 Å². The lowest BCUT2D eigenvalue weighted by molar-refractivity contribution is -0.114. The molecule has 124 valence electrons. The van der Waals surface area contributed by atoms with Crippen molar-refractivity contribution in [1.29, 1.82) is 0 Å². The molecule has 1 aromatic heterocycles. The average Bonchev–Trinajstić information content (AvgIpc) is 2.87. The molecule has 0 unspecified atom stereocenters. The summed E-state index contributed by atoms with van der Waals surface area (Å²) in [4.78, 5) is 11.0. The lowest BCUT2D eigenvalue weighted by atomic mass is 10.1. The first kappa shape index (κ1) is 17.3. The molecule has 1 aliphatic rings. The number of ether oxygens (including phenoxy) is 1. The third-order valence-corrected chi connectivity index (χ3v) is 6.20. The van der Waals surface area contributed by atoms with Gasteiger partial charge in [0.2, 0.25) is 15.4 Å². The molecule has 1 N–H and O–H groups in total. The van der Waals surface area contributed by atoms with E-state index >= 15 is 0 Å². The summed E-state index contributed by atoms with van der Waals surface area (Å²) in [7, 11) is -3.66. The van der Waals surface area contributed by atoms with Crippen LogP contribution in [0.4, 0.5) is 5.13 Å². The van der Waals surface area contributed by atoms with E-state index in [2.05, 4.69) is 15.5 Å². The van der Waals surface area contributed by atoms with Gasteiger partial charge in [-0.3, -0.25) is 4.79 Å². The van der Waals surface area contributed by atoms with E-state index in [-0.39, 0.29) is 27.6 Å². The van der Waals surface area contributed by atoms with Gasteiger partial charge < -0.3 is 10.1 Å². The number of nitrogens with zero attached hydrogens (tertiary/aromatic N) is 3. The monoisotopic (exact) mass is 348 g/mol. The lowest BCUT2D eigenvalue weighted by Crippen LogP contribution is -2.41. The molecule has 0 aliphatic carbocycles. The van der Waals surface area contributed by atoms with Gasteiger partial charge in [-0.25, -0.2) is 8.42 Å². The zero-order valence-corrected chi connectivity index (χ0v) is 14.4. The molecule has 0 aromatic carbocycles. The Morgan fingerprint density at radius 2 is 2.00 bits per heavy atom. The number of carbonyl (C=O) groups is 1. The number of hydrogen-bond donors (Lipinski definition) is 1. The number of nitrogens with one attached hydrogen (secondary N) is 1. The van der Waals surface area contributed by atoms with Gasteiger partial charge in [-0.05, 0) is 26.7 Å². The maximum absolute atomic E-state index is 12.5. The number of anilines is 1. The topological polar surface area (TPSA) is 101 Å². The van der Waals surface area contributed by atoms with Crippen molar-refractivity contribution in [3.8, 4) is 0 Å². The number of sulfonamides is 1. The van der Waals surface area contributed by atoms with Crippen LogP contribution in [0.2, 0.25) is 0 Å². The van der Waals surface area contributed by atoms with Gasteiger partial charge in [0.1, 0.15) is 0 Å². The normalized spacial score (nSPS) is 17.8. The Balaban J connectivity index is 2.02. The molecule has 1 saturated heterocycles. The highest BCUT2D eigenvalue weighted by molar-refractivity contribution is 7.91. The predicted octanol–water partition coefficient (Wildman–Crippen LogP) is 1.07. The summed E-state index contributed by atoms with van der Waals surface area (Å²) in [5.41, 5.74) is 0. The summed E-state index contributed by atoms with van der Waals surface area (Å²) in [5, 5.41) is 9.97. The first-order valence-corrected chi connectivity index (χ1v) is 9.31. The van der Waals surface area contributed by atoms with Crippen molar-refractivity contribution in [3.63, 3.8) is 0 Å². The van der Waals surface area contributed by atoms with Gasteiger partial charge in [0.05, 0.1) is 12.2 Å². The van der Waals surface area contributed by atoms with E-state index in [1.54, 1.807) is 0 Å². The molecular formula is C12H20N4O4S2. The minimum absolute atomic E-state index is 0.0933. The summed E-state index contributed by atoms with van der Waals surface area (Å²) in [6, 6.07) is 0. The quantitative estimate of drug-likeness (QED) is 0.799. The Bertz CT molecular complexity index is 621. The Morgan fingerprint density at radius 3 is 2.55 bits per heavy atom. The zero-order valence-electron chi connectivity index (χ0n) is 12.8. The van der Waals surface area contributed by atoms with Crippen LogP contribution < -0.4 is 5.32 Å². The van der Waals surface area contributed by atoms with E-state index in [9.17, 15) is 13.2 Å². The smallest absolute Gasteiger partial charge is 0.272 e. The van der Waals surface area contributed by atoms with Gasteiger partial charge >= 0.3 is 0 Å². The van der Waals surface area contributed by atoms with E-state index in [1.165, 1.54) is 11.2 Å².